The molecular formula is C18H15F3NSTi. The van der Waals surface area contributed by atoms with Crippen LogP contribution < -0.4 is 3.87 Å². The number of hydrogen-bond acceptors (Lipinski definition) is 2. The molecule has 0 spiro atoms. The van der Waals surface area contributed by atoms with Crippen LogP contribution in [0.4, 0.5) is 13.2 Å². The van der Waals surface area contributed by atoms with Crippen molar-refractivity contribution in [1.82, 2.24) is 0 Å². The molecule has 0 fully saturated rings. The molecule has 0 radical (unpaired) electrons. The van der Waals surface area contributed by atoms with E-state index in [2.05, 4.69) is 12.6 Å². The quantitative estimate of drug-likeness (QED) is 0.442. The van der Waals surface area contributed by atoms with E-state index in [0.717, 1.165) is 12.8 Å². The van der Waals surface area contributed by atoms with Gasteiger partial charge in [-0.25, -0.2) is 0 Å². The van der Waals surface area contributed by atoms with Gasteiger partial charge < -0.3 is 0 Å². The van der Waals surface area contributed by atoms with Gasteiger partial charge in [-0.15, -0.1) is 0 Å². The van der Waals surface area contributed by atoms with Gasteiger partial charge in [0.05, 0.1) is 0 Å². The van der Waals surface area contributed by atoms with Gasteiger partial charge >= 0.3 is 128 Å². The average molecular weight is 382 g/mol. The van der Waals surface area contributed by atoms with Gasteiger partial charge in [0.15, 0.2) is 0 Å². The minimum atomic E-state index is -4.28. The first kappa shape index (κ1) is 18.9. The van der Waals surface area contributed by atoms with Crippen LogP contribution in [0.2, 0.25) is 0 Å². The van der Waals surface area contributed by atoms with Gasteiger partial charge in [0.1, 0.15) is 5.40 Å². The summed E-state index contributed by atoms with van der Waals surface area (Å²) in [5.41, 5.74) is -0.458. The number of nitrogens with zero attached hydrogens (tertiary/aromatic N) is 1. The van der Waals surface area contributed by atoms with Gasteiger partial charge in [0, 0.05) is 0 Å². The first-order chi connectivity index (χ1) is 11.5. The molecule has 0 unspecified atom stereocenters. The van der Waals surface area contributed by atoms with Crippen LogP contribution in [-0.4, -0.2) is 0 Å². The van der Waals surface area contributed by atoms with Crippen LogP contribution in [0.5, 0.6) is 0 Å². The largest absolute Gasteiger partial charge is 0.185 e. The molecule has 2 aliphatic rings. The molecule has 0 aromatic heterocycles. The predicted octanol–water partition coefficient (Wildman–Crippen LogP) is 5.03. The van der Waals surface area contributed by atoms with Crippen molar-refractivity contribution in [3.8, 4) is 5.40 Å². The fourth-order valence-electron chi connectivity index (χ4n) is 2.77. The van der Waals surface area contributed by atoms with Crippen molar-refractivity contribution in [1.29, 1.82) is 5.26 Å². The van der Waals surface area contributed by atoms with Gasteiger partial charge in [-0.2, -0.15) is 5.26 Å². The maximum atomic E-state index is 13.3. The molecule has 0 amide bonds. The fourth-order valence-corrected chi connectivity index (χ4v) is 7.50. The van der Waals surface area contributed by atoms with Crippen molar-refractivity contribution in [2.24, 2.45) is 0 Å². The minimum Gasteiger partial charge on any atom is -0.185 e. The Balaban J connectivity index is 0.000000647. The van der Waals surface area contributed by atoms with Crippen molar-refractivity contribution in [3.63, 3.8) is 0 Å². The summed E-state index contributed by atoms with van der Waals surface area (Å²) < 4.78 is 42.9. The predicted molar refractivity (Wildman–Crippen MR) is 89.4 cm³/mol. The normalized spacial score (nSPS) is 15.3. The van der Waals surface area contributed by atoms with Crippen LogP contribution in [0.3, 0.4) is 0 Å². The van der Waals surface area contributed by atoms with E-state index in [0.29, 0.717) is 3.87 Å². The Labute approximate surface area is 151 Å². The Kier molecular flexibility index (Phi) is 6.73. The standard InChI is InChI=1S/C7H4F3.2C5H5.CHNS.Ti/c8-7(9,10)6-4-2-1-3-5-6;2*1-2-4-5-3-1;2-1-3;/h1-4H;2*1-3H,4H2;3H;. The van der Waals surface area contributed by atoms with Crippen molar-refractivity contribution < 1.29 is 31.0 Å². The molecule has 3 rings (SSSR count). The second-order valence-electron chi connectivity index (χ2n) is 5.17. The third-order valence-electron chi connectivity index (χ3n) is 3.69. The summed E-state index contributed by atoms with van der Waals surface area (Å²) in [5.74, 6) is 0. The summed E-state index contributed by atoms with van der Waals surface area (Å²) >= 11 is 0.800. The number of allylic oxidation sites excluding steroid dienone is 8. The third kappa shape index (κ3) is 4.54. The summed E-state index contributed by atoms with van der Waals surface area (Å²) in [4.78, 5) is 0. The molecule has 2 aliphatic carbocycles. The van der Waals surface area contributed by atoms with E-state index in [1.165, 1.54) is 25.3 Å². The van der Waals surface area contributed by atoms with Crippen LogP contribution in [-0.2, 0) is 24.0 Å². The summed E-state index contributed by atoms with van der Waals surface area (Å²) in [5, 5.41) is 8.63. The number of thiocyanates is 1. The number of hydrogen-bond donors (Lipinski definition) is 1. The summed E-state index contributed by atoms with van der Waals surface area (Å²) in [6.07, 6.45) is 9.31. The molecule has 24 heavy (non-hydrogen) atoms. The molecule has 0 atom stereocenters. The van der Waals surface area contributed by atoms with Crippen LogP contribution in [0.25, 0.3) is 0 Å². The van der Waals surface area contributed by atoms with E-state index < -0.39 is 29.6 Å². The Morgan fingerprint density at radius 3 is 1.92 bits per heavy atom. The molecule has 0 saturated carbocycles. The van der Waals surface area contributed by atoms with E-state index in [4.69, 9.17) is 5.26 Å². The van der Waals surface area contributed by atoms with Gasteiger partial charge in [-0.3, -0.25) is 0 Å². The van der Waals surface area contributed by atoms with Gasteiger partial charge in [-0.1, -0.05) is 12.6 Å². The van der Waals surface area contributed by atoms with E-state index >= 15 is 0 Å². The van der Waals surface area contributed by atoms with Crippen molar-refractivity contribution in [2.45, 2.75) is 19.0 Å². The zero-order valence-corrected chi connectivity index (χ0v) is 15.2. The van der Waals surface area contributed by atoms with Crippen molar-refractivity contribution in [3.05, 3.63) is 74.0 Å². The molecule has 1 aromatic rings. The van der Waals surface area contributed by atoms with Gasteiger partial charge in [0.25, 0.3) is 0 Å². The average Bonchev–Trinajstić information content (AvgIpc) is 3.22. The SMILES string of the molecule is FC(F)(F)c1cccc[c]1[Ti]([C]1=CC=CC1)[C]1=CC=CC1.N#CS. The summed E-state index contributed by atoms with van der Waals surface area (Å²) in [6.45, 7) is 0. The molecule has 1 nitrogen and oxygen atoms in total. The number of alkyl halides is 3. The monoisotopic (exact) mass is 382 g/mol. The topological polar surface area (TPSA) is 23.8 Å². The molecule has 1 aromatic carbocycles. The second kappa shape index (κ2) is 8.57. The van der Waals surface area contributed by atoms with Crippen LogP contribution in [0.1, 0.15) is 18.4 Å². The van der Waals surface area contributed by atoms with E-state index in [1.54, 1.807) is 12.1 Å². The first-order valence-corrected chi connectivity index (χ1v) is 10.1. The minimum absolute atomic E-state index is 0.458. The third-order valence-corrected chi connectivity index (χ3v) is 8.37. The Hall–Kier alpha value is -1.48. The number of nitriles is 1. The van der Waals surface area contributed by atoms with E-state index in [9.17, 15) is 13.2 Å². The number of halogens is 3. The second-order valence-corrected chi connectivity index (χ2v) is 9.38. The fraction of sp³-hybridized carbons (Fsp3) is 0.167. The van der Waals surface area contributed by atoms with Gasteiger partial charge in [0.2, 0.25) is 0 Å². The zero-order chi connectivity index (χ0) is 17.6. The van der Waals surface area contributed by atoms with E-state index in [1.807, 2.05) is 36.5 Å². The van der Waals surface area contributed by atoms with Crippen LogP contribution >= 0.6 is 12.6 Å². The molecule has 6 heteroatoms. The molecular weight excluding hydrogens is 367 g/mol. The molecule has 123 valence electrons. The number of thiol groups is 1. The number of benzene rings is 1. The van der Waals surface area contributed by atoms with Gasteiger partial charge in [-0.05, 0) is 0 Å². The summed E-state index contributed by atoms with van der Waals surface area (Å²) in [6, 6.07) is 6.10. The Morgan fingerprint density at radius 1 is 1.00 bits per heavy atom. The van der Waals surface area contributed by atoms with Crippen molar-refractivity contribution >= 4 is 16.5 Å². The van der Waals surface area contributed by atoms with Crippen LogP contribution in [0.15, 0.2) is 68.5 Å². The molecule has 0 N–H and O–H groups in total. The maximum Gasteiger partial charge on any atom is 0.130 e. The summed E-state index contributed by atoms with van der Waals surface area (Å²) in [7, 11) is 0. The number of rotatable bonds is 3. The Morgan fingerprint density at radius 2 is 1.50 bits per heavy atom. The molecule has 0 heterocycles. The Bertz CT molecular complexity index is 724. The zero-order valence-electron chi connectivity index (χ0n) is 12.7. The maximum absolute atomic E-state index is 13.3. The molecule has 0 aliphatic heterocycles. The first-order valence-electron chi connectivity index (χ1n) is 7.28. The smallest absolute Gasteiger partial charge is 0.130 e. The molecule has 0 bridgehead atoms. The van der Waals surface area contributed by atoms with Crippen molar-refractivity contribution in [2.75, 3.05) is 0 Å². The molecule has 0 saturated heterocycles. The van der Waals surface area contributed by atoms with Crippen LogP contribution in [0, 0.1) is 10.7 Å². The van der Waals surface area contributed by atoms with E-state index in [-0.39, 0.29) is 0 Å².